The van der Waals surface area contributed by atoms with Crippen molar-refractivity contribution in [1.29, 1.82) is 0 Å². The van der Waals surface area contributed by atoms with Gasteiger partial charge in [-0.15, -0.1) is 0 Å². The number of pyridine rings is 3. The first-order valence-electron chi connectivity index (χ1n) is 27.1. The number of ether oxygens (including phenoxy) is 1. The Morgan fingerprint density at radius 1 is 0.222 bits per heavy atom. The average molecular weight is 1040 g/mol. The van der Waals surface area contributed by atoms with Crippen molar-refractivity contribution in [2.75, 3.05) is 0 Å². The fourth-order valence-electron chi connectivity index (χ4n) is 11.0. The van der Waals surface area contributed by atoms with Crippen molar-refractivity contribution in [1.82, 2.24) is 24.9 Å². The molecule has 0 aliphatic heterocycles. The van der Waals surface area contributed by atoms with Gasteiger partial charge in [-0.05, 0) is 151 Å². The number of benzene rings is 10. The van der Waals surface area contributed by atoms with Gasteiger partial charge in [-0.1, -0.05) is 188 Å². The molecular formula is C75H49N5O. The van der Waals surface area contributed by atoms with Crippen molar-refractivity contribution < 1.29 is 4.74 Å². The molecule has 81 heavy (non-hydrogen) atoms. The van der Waals surface area contributed by atoms with E-state index < -0.39 is 0 Å². The van der Waals surface area contributed by atoms with Crippen LogP contribution in [0.1, 0.15) is 0 Å². The van der Waals surface area contributed by atoms with Gasteiger partial charge in [0.25, 0.3) is 0 Å². The minimum Gasteiger partial charge on any atom is -0.456 e. The van der Waals surface area contributed by atoms with Crippen LogP contribution in [0.2, 0.25) is 0 Å². The maximum absolute atomic E-state index is 7.38. The monoisotopic (exact) mass is 1040 g/mol. The largest absolute Gasteiger partial charge is 0.456 e. The van der Waals surface area contributed by atoms with Crippen molar-refractivity contribution in [2.45, 2.75) is 0 Å². The Balaban J connectivity index is 0.942. The molecule has 4 aromatic heterocycles. The van der Waals surface area contributed by atoms with E-state index in [0.29, 0.717) is 17.3 Å². The van der Waals surface area contributed by atoms with E-state index >= 15 is 0 Å². The van der Waals surface area contributed by atoms with Crippen molar-refractivity contribution >= 4 is 21.5 Å². The van der Waals surface area contributed by atoms with E-state index in [2.05, 4.69) is 238 Å². The van der Waals surface area contributed by atoms with E-state index in [0.717, 1.165) is 128 Å². The van der Waals surface area contributed by atoms with Crippen LogP contribution in [0, 0.1) is 0 Å². The second-order valence-electron chi connectivity index (χ2n) is 20.0. The summed E-state index contributed by atoms with van der Waals surface area (Å²) in [6.45, 7) is 0. The standard InChI is InChI=1S/C75H49N5O/c1-2-18-57-49-80-72(46-54(57)16-1)61-42-55-17-3-4-24-67(55)73(48-61)81-74-47-56(75-78-40-15-41-79-75)36-37-69(74)68-25-10-9-23-66(68)60-44-58(64-21-7-5-19-62(64)50-28-32-52(33-29-50)70-26-11-13-38-76-70)43-59(45-60)65-22-8-6-20-63(65)51-30-34-53(35-31-51)71-27-12-14-39-77-71/h1-49H. The molecule has 0 N–H and O–H groups in total. The van der Waals surface area contributed by atoms with Crippen LogP contribution >= 0.6 is 0 Å². The van der Waals surface area contributed by atoms with Gasteiger partial charge >= 0.3 is 0 Å². The first-order chi connectivity index (χ1) is 40.1. The van der Waals surface area contributed by atoms with Crippen molar-refractivity contribution in [3.63, 3.8) is 0 Å². The molecule has 6 heteroatoms. The predicted octanol–water partition coefficient (Wildman–Crippen LogP) is 19.4. The maximum atomic E-state index is 7.38. The summed E-state index contributed by atoms with van der Waals surface area (Å²) in [4.78, 5) is 23.6. The van der Waals surface area contributed by atoms with Crippen LogP contribution in [-0.2, 0) is 0 Å². The topological polar surface area (TPSA) is 73.7 Å². The second-order valence-corrected chi connectivity index (χ2v) is 20.0. The van der Waals surface area contributed by atoms with Crippen LogP contribution < -0.4 is 4.74 Å². The Morgan fingerprint density at radius 2 is 0.667 bits per heavy atom. The number of nitrogens with zero attached hydrogens (tertiary/aromatic N) is 5. The lowest BCUT2D eigenvalue weighted by molar-refractivity contribution is 0.490. The van der Waals surface area contributed by atoms with Gasteiger partial charge in [0.2, 0.25) is 0 Å². The Kier molecular flexibility index (Phi) is 12.8. The molecule has 380 valence electrons. The number of fused-ring (bicyclic) bond motifs is 2. The molecule has 0 saturated heterocycles. The summed E-state index contributed by atoms with van der Waals surface area (Å²) >= 11 is 0. The van der Waals surface area contributed by atoms with Crippen LogP contribution in [0.3, 0.4) is 0 Å². The van der Waals surface area contributed by atoms with Gasteiger partial charge in [-0.3, -0.25) is 15.0 Å². The van der Waals surface area contributed by atoms with Crippen LogP contribution in [0.25, 0.3) is 133 Å². The van der Waals surface area contributed by atoms with Crippen LogP contribution in [0.4, 0.5) is 0 Å². The lowest BCUT2D eigenvalue weighted by Gasteiger charge is -2.20. The second kappa shape index (κ2) is 21.5. The Hall–Kier alpha value is -11.0. The Bertz CT molecular complexity index is 4440. The zero-order valence-corrected chi connectivity index (χ0v) is 43.9. The van der Waals surface area contributed by atoms with E-state index in [-0.39, 0.29) is 0 Å². The van der Waals surface area contributed by atoms with Gasteiger partial charge < -0.3 is 4.74 Å². The van der Waals surface area contributed by atoms with Gasteiger partial charge in [0, 0.05) is 69.6 Å². The van der Waals surface area contributed by atoms with Crippen molar-refractivity contribution in [3.05, 3.63) is 298 Å². The minimum absolute atomic E-state index is 0.605. The smallest absolute Gasteiger partial charge is 0.159 e. The molecule has 0 saturated carbocycles. The summed E-state index contributed by atoms with van der Waals surface area (Å²) < 4.78 is 7.38. The van der Waals surface area contributed by atoms with Gasteiger partial charge in [0.1, 0.15) is 11.5 Å². The van der Waals surface area contributed by atoms with E-state index in [1.165, 1.54) is 0 Å². The first kappa shape index (κ1) is 48.4. The summed E-state index contributed by atoms with van der Waals surface area (Å²) in [6.07, 6.45) is 9.17. The number of rotatable bonds is 12. The fourth-order valence-corrected chi connectivity index (χ4v) is 11.0. The average Bonchev–Trinajstić information content (AvgIpc) is 3.55. The molecule has 0 fully saturated rings. The minimum atomic E-state index is 0.605. The quantitative estimate of drug-likeness (QED) is 0.121. The third-order valence-corrected chi connectivity index (χ3v) is 15.0. The Labute approximate surface area is 470 Å². The molecule has 0 aliphatic rings. The summed E-state index contributed by atoms with van der Waals surface area (Å²) in [5.41, 5.74) is 19.6. The van der Waals surface area contributed by atoms with Crippen molar-refractivity contribution in [3.8, 4) is 123 Å². The lowest BCUT2D eigenvalue weighted by Crippen LogP contribution is -1.96. The molecule has 6 nitrogen and oxygen atoms in total. The molecule has 0 spiro atoms. The summed E-state index contributed by atoms with van der Waals surface area (Å²) in [6, 6.07) is 93.9. The van der Waals surface area contributed by atoms with Gasteiger partial charge in [-0.25, -0.2) is 9.97 Å². The third kappa shape index (κ3) is 9.79. The number of hydrogen-bond acceptors (Lipinski definition) is 6. The van der Waals surface area contributed by atoms with E-state index in [1.54, 1.807) is 12.4 Å². The lowest BCUT2D eigenvalue weighted by atomic mass is 9.86. The molecule has 4 heterocycles. The van der Waals surface area contributed by atoms with Crippen LogP contribution in [0.5, 0.6) is 11.5 Å². The molecule has 0 bridgehead atoms. The van der Waals surface area contributed by atoms with Gasteiger partial charge in [0.15, 0.2) is 5.82 Å². The highest BCUT2D eigenvalue weighted by Gasteiger charge is 2.21. The Morgan fingerprint density at radius 3 is 1.23 bits per heavy atom. The summed E-state index contributed by atoms with van der Waals surface area (Å²) in [7, 11) is 0. The highest BCUT2D eigenvalue weighted by Crippen LogP contribution is 2.46. The van der Waals surface area contributed by atoms with Crippen LogP contribution in [0.15, 0.2) is 298 Å². The molecule has 0 atom stereocenters. The molecule has 14 rings (SSSR count). The van der Waals surface area contributed by atoms with Gasteiger partial charge in [0.05, 0.1) is 17.1 Å². The van der Waals surface area contributed by atoms with E-state index in [1.807, 2.05) is 67.1 Å². The molecular weight excluding hydrogens is 987 g/mol. The highest BCUT2D eigenvalue weighted by atomic mass is 16.5. The molecule has 0 radical (unpaired) electrons. The zero-order valence-electron chi connectivity index (χ0n) is 43.9. The van der Waals surface area contributed by atoms with Gasteiger partial charge in [-0.2, -0.15) is 0 Å². The van der Waals surface area contributed by atoms with Crippen molar-refractivity contribution in [2.24, 2.45) is 0 Å². The molecule has 10 aromatic carbocycles. The predicted molar refractivity (Wildman–Crippen MR) is 331 cm³/mol. The van der Waals surface area contributed by atoms with E-state index in [9.17, 15) is 0 Å². The maximum Gasteiger partial charge on any atom is 0.159 e. The molecule has 14 aromatic rings. The molecule has 0 amide bonds. The molecule has 0 aliphatic carbocycles. The van der Waals surface area contributed by atoms with Crippen LogP contribution in [-0.4, -0.2) is 24.9 Å². The SMILES string of the molecule is c1ccc(-c2ccc(-c3ccccc3-c3cc(-c4ccccc4-c4ccc(-c5ccccn5)cc4)cc(-c4ccccc4-c4ccc(-c5ncccn5)cc4Oc4cc(-c5cc6ccccc6cn5)cc5ccccc45)c3)cc2)nc1. The third-order valence-electron chi connectivity index (χ3n) is 15.0. The number of hydrogen-bond donors (Lipinski definition) is 0. The zero-order chi connectivity index (χ0) is 53.9. The first-order valence-corrected chi connectivity index (χ1v) is 27.1. The number of aromatic nitrogens is 5. The summed E-state index contributed by atoms with van der Waals surface area (Å²) in [5.74, 6) is 1.98. The highest BCUT2D eigenvalue weighted by molar-refractivity contribution is 5.97. The normalized spacial score (nSPS) is 11.2. The molecule has 0 unspecified atom stereocenters. The van der Waals surface area contributed by atoms with E-state index in [4.69, 9.17) is 9.72 Å². The summed E-state index contributed by atoms with van der Waals surface area (Å²) in [5, 5.41) is 4.24. The fraction of sp³-hybridized carbons (Fsp3) is 0.